The molecule has 0 aliphatic carbocycles. The summed E-state index contributed by atoms with van der Waals surface area (Å²) in [6, 6.07) is 0.605. The van der Waals surface area contributed by atoms with Gasteiger partial charge < -0.3 is 135 Å². The number of carbonyl (C=O) groups excluding carboxylic acids is 5. The molecule has 5 aliphatic rings. The summed E-state index contributed by atoms with van der Waals surface area (Å²) in [5.74, 6) is -42.5. The van der Waals surface area contributed by atoms with Crippen molar-refractivity contribution in [2.75, 3.05) is 6.61 Å². The average molecular weight is 1230 g/mol. The molecule has 454 valence electrons. The summed E-state index contributed by atoms with van der Waals surface area (Å²) in [6.45, 7) is -1.88. The Bertz CT molecular complexity index is 5050. The third-order valence-corrected chi connectivity index (χ3v) is 15.6. The number of rotatable bonds is 0. The van der Waals surface area contributed by atoms with Gasteiger partial charge in [-0.3, -0.25) is 0 Å². The molecule has 14 rings (SSSR count). The van der Waals surface area contributed by atoms with E-state index in [1.807, 2.05) is 0 Å². The van der Waals surface area contributed by atoms with Gasteiger partial charge >= 0.3 is 41.1 Å². The molecule has 9 aromatic rings. The number of aromatic hydroxyl groups is 19. The number of hydrogen-bond donors (Lipinski definition) is 20. The van der Waals surface area contributed by atoms with Crippen molar-refractivity contribution in [2.24, 2.45) is 0 Å². The molecule has 5 aliphatic heterocycles. The van der Waals surface area contributed by atoms with Crippen LogP contribution < -0.4 is 11.3 Å². The fourth-order valence-electron chi connectivity index (χ4n) is 11.6. The van der Waals surface area contributed by atoms with Crippen molar-refractivity contribution < 1.29 is 159 Å². The van der Waals surface area contributed by atoms with Crippen LogP contribution in [-0.4, -0.2) is 163 Å². The molecule has 0 fully saturated rings. The predicted molar refractivity (Wildman–Crippen MR) is 279 cm³/mol. The van der Waals surface area contributed by atoms with E-state index >= 15 is 14.4 Å². The normalized spacial score (nSPS) is 18.6. The number of carbonyl (C=O) groups is 5. The van der Waals surface area contributed by atoms with Crippen LogP contribution in [0.5, 0.6) is 109 Å². The van der Waals surface area contributed by atoms with Crippen molar-refractivity contribution in [1.82, 2.24) is 0 Å². The topological polar surface area (TPSA) is 597 Å². The second-order valence-corrected chi connectivity index (χ2v) is 20.1. The summed E-state index contributed by atoms with van der Waals surface area (Å²) in [7, 11) is 0. The Morgan fingerprint density at radius 2 is 0.652 bits per heavy atom. The van der Waals surface area contributed by atoms with Crippen LogP contribution >= 0.6 is 0 Å². The van der Waals surface area contributed by atoms with E-state index in [1.165, 1.54) is 0 Å². The van der Waals surface area contributed by atoms with Gasteiger partial charge in [0.1, 0.15) is 12.7 Å². The standard InChI is InChI=1S/C55H30O34/c56-8-1-5-12(30(62)27(8)59)16-23-20-21-24(54(81)87-45(20)42(74)36(16)68)17(37(69)43(75)46(21)86-53(23)80)14-7(3-10(58)29(61)32(14)64)51(78)85-44-11(4-83-49(5)76)84-50(77)6-2-9(57)28(60)31(63)13(6)15-22-18(34(66)40(72)33(15)65)19-25-26(38(70)41(73)35(19)67)39(71)47(88-55(25)82)48(44)89-52(22)79/h1-3,11,39,44,47-48,56-75H,4H2/t11?,39-,44?,47?,48?/m1/s1. The van der Waals surface area contributed by atoms with Gasteiger partial charge in [-0.15, -0.1) is 0 Å². The van der Waals surface area contributed by atoms with E-state index in [-0.39, 0.29) is 18.2 Å². The van der Waals surface area contributed by atoms with Crippen LogP contribution in [0.15, 0.2) is 36.6 Å². The maximum atomic E-state index is 15.5. The predicted octanol–water partition coefficient (Wildman–Crippen LogP) is 2.61. The number of ether oxygens (including phenoxy) is 5. The first kappa shape index (κ1) is 55.2. The van der Waals surface area contributed by atoms with Crippen LogP contribution in [0.2, 0.25) is 0 Å². The highest BCUT2D eigenvalue weighted by Crippen LogP contribution is 2.63. The zero-order chi connectivity index (χ0) is 64.2. The van der Waals surface area contributed by atoms with Crippen LogP contribution in [0, 0.1) is 0 Å². The van der Waals surface area contributed by atoms with E-state index in [2.05, 4.69) is 0 Å². The van der Waals surface area contributed by atoms with Crippen molar-refractivity contribution in [3.63, 3.8) is 0 Å². The zero-order valence-corrected chi connectivity index (χ0v) is 43.0. The molecule has 0 saturated heterocycles. The molecule has 34 nitrogen and oxygen atoms in total. The van der Waals surface area contributed by atoms with E-state index in [9.17, 15) is 121 Å². The monoisotopic (exact) mass is 1230 g/mol. The van der Waals surface area contributed by atoms with Crippen molar-refractivity contribution in [1.29, 1.82) is 0 Å². The summed E-state index contributed by atoms with van der Waals surface area (Å²) >= 11 is 0. The lowest BCUT2D eigenvalue weighted by Gasteiger charge is -2.40. The molecule has 12 bridgehead atoms. The van der Waals surface area contributed by atoms with Crippen molar-refractivity contribution in [3.05, 3.63) is 72.4 Å². The number of aliphatic hydroxyl groups excluding tert-OH is 1. The minimum absolute atomic E-state index is 0.165. The number of cyclic esters (lactones) is 1. The molecule has 5 atom stereocenters. The molecule has 0 saturated carbocycles. The fourth-order valence-corrected chi connectivity index (χ4v) is 11.6. The highest BCUT2D eigenvalue weighted by Gasteiger charge is 2.56. The molecule has 89 heavy (non-hydrogen) atoms. The van der Waals surface area contributed by atoms with Gasteiger partial charge in [-0.2, -0.15) is 0 Å². The summed E-state index contributed by atoms with van der Waals surface area (Å²) in [6.07, 6.45) is -15.2. The summed E-state index contributed by atoms with van der Waals surface area (Å²) in [5, 5.41) is 226. The van der Waals surface area contributed by atoms with Crippen LogP contribution in [-0.2, 0) is 23.7 Å². The highest BCUT2D eigenvalue weighted by molar-refractivity contribution is 6.29. The van der Waals surface area contributed by atoms with Gasteiger partial charge in [0.25, 0.3) is 0 Å². The molecule has 34 heteroatoms. The summed E-state index contributed by atoms with van der Waals surface area (Å²) < 4.78 is 39.2. The van der Waals surface area contributed by atoms with E-state index in [1.54, 1.807) is 0 Å². The summed E-state index contributed by atoms with van der Waals surface area (Å²) in [5.41, 5.74) is -26.3. The van der Waals surface area contributed by atoms with E-state index < -0.39 is 298 Å². The van der Waals surface area contributed by atoms with E-state index in [0.717, 1.165) is 0 Å². The third kappa shape index (κ3) is 6.94. The molecule has 4 unspecified atom stereocenters. The third-order valence-electron chi connectivity index (χ3n) is 15.6. The fraction of sp³-hybridized carbons (Fsp3) is 0.109. The van der Waals surface area contributed by atoms with E-state index in [4.69, 9.17) is 32.5 Å². The maximum absolute atomic E-state index is 15.5. The molecule has 2 aromatic heterocycles. The molecule has 20 N–H and O–H groups in total. The highest BCUT2D eigenvalue weighted by atomic mass is 16.6. The summed E-state index contributed by atoms with van der Waals surface area (Å²) in [4.78, 5) is 105. The largest absolute Gasteiger partial charge is 0.504 e. The number of fused-ring (bicyclic) bond motifs is 8. The first-order chi connectivity index (χ1) is 41.9. The van der Waals surface area contributed by atoms with Crippen LogP contribution in [0.4, 0.5) is 0 Å². The smallest absolute Gasteiger partial charge is 0.345 e. The average Bonchev–Trinajstić information content (AvgIpc) is 0.997. The van der Waals surface area contributed by atoms with Crippen molar-refractivity contribution >= 4 is 62.6 Å². The number of benzene rings is 7. The SMILES string of the molecule is O=C1OC2COC(=O)c3cc(O)c(O)c(O)c3-c3c(O)c(O)c4oc(=O)c5c(c(O)c(O)c6oc(=O)c3c4c65)-c3c(cc(O)c(O)c3O)C(=O)OC2C2OC(=O)c3c(c(O)c(O)c(O)c3-c3c(O)c(O)c(O)c4c3C(=O)OC2[C@@H]4O)-c2c1cc(O)c(O)c2O. The van der Waals surface area contributed by atoms with Crippen molar-refractivity contribution in [3.8, 4) is 154 Å². The minimum atomic E-state index is -3.19. The van der Waals surface area contributed by atoms with E-state index in [0.29, 0.717) is 0 Å². The first-order valence-electron chi connectivity index (χ1n) is 24.8. The maximum Gasteiger partial charge on any atom is 0.345 e. The quantitative estimate of drug-likeness (QED) is 0.0341. The molecule has 0 spiro atoms. The van der Waals surface area contributed by atoms with Gasteiger partial charge in [-0.05, 0) is 18.2 Å². The molecule has 7 aromatic carbocycles. The second kappa shape index (κ2) is 18.0. The molecule has 0 amide bonds. The number of phenols is 19. The number of esters is 5. The van der Waals surface area contributed by atoms with Crippen LogP contribution in [0.3, 0.4) is 0 Å². The lowest BCUT2D eigenvalue weighted by molar-refractivity contribution is -0.154. The number of phenolic OH excluding ortho intramolecular Hbond substituents is 19. The Kier molecular flexibility index (Phi) is 11.2. The molecular weight excluding hydrogens is 1200 g/mol. The van der Waals surface area contributed by atoms with Gasteiger partial charge in [0, 0.05) is 60.8 Å². The Balaban J connectivity index is 1.20. The Labute approximate surface area is 483 Å². The zero-order valence-electron chi connectivity index (χ0n) is 43.0. The van der Waals surface area contributed by atoms with Crippen LogP contribution in [0.1, 0.15) is 63.5 Å². The number of aliphatic hydroxyl groups is 1. The Morgan fingerprint density at radius 1 is 0.303 bits per heavy atom. The van der Waals surface area contributed by atoms with Gasteiger partial charge in [-0.1, -0.05) is 0 Å². The second-order valence-electron chi connectivity index (χ2n) is 20.1. The van der Waals surface area contributed by atoms with Gasteiger partial charge in [-0.25, -0.2) is 33.6 Å². The van der Waals surface area contributed by atoms with Gasteiger partial charge in [0.2, 0.25) is 40.2 Å². The Hall–Kier alpha value is -13.0. The Morgan fingerprint density at radius 3 is 1.12 bits per heavy atom. The molecule has 7 heterocycles. The molecular formula is C55H30O34. The first-order valence-corrected chi connectivity index (χ1v) is 24.8. The van der Waals surface area contributed by atoms with Gasteiger partial charge in [0.05, 0.1) is 38.6 Å². The van der Waals surface area contributed by atoms with Crippen LogP contribution in [0.25, 0.3) is 77.2 Å². The van der Waals surface area contributed by atoms with Crippen molar-refractivity contribution in [2.45, 2.75) is 30.5 Å². The van der Waals surface area contributed by atoms with Gasteiger partial charge in [0.15, 0.2) is 105 Å². The molecule has 0 radical (unpaired) electrons. The number of hydrogen-bond acceptors (Lipinski definition) is 34. The lowest BCUT2D eigenvalue weighted by Crippen LogP contribution is -2.56. The minimum Gasteiger partial charge on any atom is -0.504 e. The lowest BCUT2D eigenvalue weighted by atomic mass is 9.80.